The van der Waals surface area contributed by atoms with Crippen molar-refractivity contribution in [1.82, 2.24) is 14.9 Å². The number of nitrogens with zero attached hydrogens (tertiary/aromatic N) is 2. The number of aromatic nitrogens is 2. The number of amides is 1. The van der Waals surface area contributed by atoms with E-state index >= 15 is 0 Å². The number of imidazole rings is 1. The molecular formula is C25H25N3O2. The van der Waals surface area contributed by atoms with Gasteiger partial charge in [-0.15, -0.1) is 0 Å². The van der Waals surface area contributed by atoms with Crippen LogP contribution in [0.4, 0.5) is 0 Å². The van der Waals surface area contributed by atoms with Crippen LogP contribution in [0, 0.1) is 6.92 Å². The molecule has 1 aromatic heterocycles. The molecule has 1 atom stereocenters. The zero-order valence-corrected chi connectivity index (χ0v) is 17.2. The lowest BCUT2D eigenvalue weighted by molar-refractivity contribution is -0.123. The van der Waals surface area contributed by atoms with Crippen LogP contribution in [0.25, 0.3) is 11.0 Å². The maximum absolute atomic E-state index is 12.5. The summed E-state index contributed by atoms with van der Waals surface area (Å²) in [5, 5.41) is 3.02. The fraction of sp³-hybridized carbons (Fsp3) is 0.200. The van der Waals surface area contributed by atoms with Crippen LogP contribution in [0.15, 0.2) is 78.9 Å². The number of hydrogen-bond acceptors (Lipinski definition) is 3. The van der Waals surface area contributed by atoms with Crippen LogP contribution in [-0.4, -0.2) is 22.1 Å². The normalized spacial score (nSPS) is 11.9. The van der Waals surface area contributed by atoms with Crippen LogP contribution < -0.4 is 10.1 Å². The Morgan fingerprint density at radius 1 is 1.00 bits per heavy atom. The summed E-state index contributed by atoms with van der Waals surface area (Å²) in [6, 6.07) is 25.5. The lowest BCUT2D eigenvalue weighted by Gasteiger charge is -2.17. The number of hydrogen-bond donors (Lipinski definition) is 1. The number of rotatable bonds is 7. The second-order valence-corrected chi connectivity index (χ2v) is 7.36. The van der Waals surface area contributed by atoms with E-state index in [9.17, 15) is 4.79 Å². The standard InChI is InChI=1S/C25H25N3O2/c1-18-10-6-7-11-20(18)16-28-23-15-9-8-14-22(23)27-25(28)19(2)26-24(29)17-30-21-12-4-3-5-13-21/h3-15,19H,16-17H2,1-2H3,(H,26,29). The average molecular weight is 399 g/mol. The Hall–Kier alpha value is -3.60. The second-order valence-electron chi connectivity index (χ2n) is 7.36. The number of nitrogens with one attached hydrogen (secondary N) is 1. The summed E-state index contributed by atoms with van der Waals surface area (Å²) in [6.45, 7) is 4.73. The molecule has 30 heavy (non-hydrogen) atoms. The molecular weight excluding hydrogens is 374 g/mol. The highest BCUT2D eigenvalue weighted by atomic mass is 16.5. The fourth-order valence-corrected chi connectivity index (χ4v) is 3.56. The number of para-hydroxylation sites is 3. The van der Waals surface area contributed by atoms with E-state index < -0.39 is 0 Å². The van der Waals surface area contributed by atoms with Crippen molar-refractivity contribution >= 4 is 16.9 Å². The lowest BCUT2D eigenvalue weighted by Crippen LogP contribution is -2.32. The van der Waals surface area contributed by atoms with Gasteiger partial charge in [-0.05, 0) is 49.2 Å². The van der Waals surface area contributed by atoms with Crippen LogP contribution in [0.3, 0.4) is 0 Å². The minimum atomic E-state index is -0.256. The van der Waals surface area contributed by atoms with E-state index in [1.807, 2.05) is 67.6 Å². The molecule has 1 N–H and O–H groups in total. The van der Waals surface area contributed by atoms with Gasteiger partial charge in [-0.2, -0.15) is 0 Å². The largest absolute Gasteiger partial charge is 0.484 e. The predicted octanol–water partition coefficient (Wildman–Crippen LogP) is 4.65. The van der Waals surface area contributed by atoms with Gasteiger partial charge in [0.1, 0.15) is 11.6 Å². The molecule has 0 bridgehead atoms. The third kappa shape index (κ3) is 4.35. The first-order valence-electron chi connectivity index (χ1n) is 10.1. The van der Waals surface area contributed by atoms with Gasteiger partial charge in [-0.25, -0.2) is 4.98 Å². The molecule has 0 aliphatic rings. The van der Waals surface area contributed by atoms with Crippen LogP contribution in [-0.2, 0) is 11.3 Å². The van der Waals surface area contributed by atoms with Crippen molar-refractivity contribution in [3.8, 4) is 5.75 Å². The van der Waals surface area contributed by atoms with Crippen molar-refractivity contribution < 1.29 is 9.53 Å². The molecule has 0 aliphatic carbocycles. The molecule has 0 spiro atoms. The van der Waals surface area contributed by atoms with E-state index in [4.69, 9.17) is 9.72 Å². The van der Waals surface area contributed by atoms with E-state index in [1.54, 1.807) is 0 Å². The molecule has 5 heteroatoms. The van der Waals surface area contributed by atoms with Gasteiger partial charge in [0.15, 0.2) is 6.61 Å². The molecule has 0 saturated carbocycles. The first-order valence-corrected chi connectivity index (χ1v) is 10.1. The number of benzene rings is 3. The second kappa shape index (κ2) is 8.82. The van der Waals surface area contributed by atoms with Crippen molar-refractivity contribution in [2.75, 3.05) is 6.61 Å². The van der Waals surface area contributed by atoms with Gasteiger partial charge < -0.3 is 14.6 Å². The summed E-state index contributed by atoms with van der Waals surface area (Å²) in [7, 11) is 0. The molecule has 0 radical (unpaired) electrons. The van der Waals surface area contributed by atoms with Crippen LogP contribution in [0.1, 0.15) is 29.9 Å². The zero-order chi connectivity index (χ0) is 20.9. The summed E-state index contributed by atoms with van der Waals surface area (Å²) in [6.07, 6.45) is 0. The van der Waals surface area contributed by atoms with Crippen molar-refractivity contribution in [2.24, 2.45) is 0 Å². The quantitative estimate of drug-likeness (QED) is 0.492. The molecule has 0 fully saturated rings. The molecule has 3 aromatic carbocycles. The van der Waals surface area contributed by atoms with Gasteiger partial charge in [0, 0.05) is 6.54 Å². The molecule has 1 heterocycles. The number of ether oxygens (including phenoxy) is 1. The molecule has 1 unspecified atom stereocenters. The molecule has 0 aliphatic heterocycles. The topological polar surface area (TPSA) is 56.2 Å². The highest BCUT2D eigenvalue weighted by Gasteiger charge is 2.19. The minimum Gasteiger partial charge on any atom is -0.484 e. The Balaban J connectivity index is 1.55. The Kier molecular flexibility index (Phi) is 5.80. The van der Waals surface area contributed by atoms with Crippen molar-refractivity contribution in [1.29, 1.82) is 0 Å². The van der Waals surface area contributed by atoms with Crippen LogP contribution in [0.5, 0.6) is 5.75 Å². The van der Waals surface area contributed by atoms with Crippen LogP contribution >= 0.6 is 0 Å². The van der Waals surface area contributed by atoms with Crippen molar-refractivity contribution in [3.63, 3.8) is 0 Å². The van der Waals surface area contributed by atoms with E-state index in [0.717, 1.165) is 16.9 Å². The van der Waals surface area contributed by atoms with Crippen molar-refractivity contribution in [3.05, 3.63) is 95.8 Å². The fourth-order valence-electron chi connectivity index (χ4n) is 3.56. The smallest absolute Gasteiger partial charge is 0.258 e. The molecule has 4 aromatic rings. The van der Waals surface area contributed by atoms with Gasteiger partial charge >= 0.3 is 0 Å². The van der Waals surface area contributed by atoms with Gasteiger partial charge in [0.25, 0.3) is 5.91 Å². The van der Waals surface area contributed by atoms with E-state index in [0.29, 0.717) is 12.3 Å². The predicted molar refractivity (Wildman–Crippen MR) is 119 cm³/mol. The summed E-state index contributed by atoms with van der Waals surface area (Å²) >= 11 is 0. The molecule has 5 nitrogen and oxygen atoms in total. The maximum atomic E-state index is 12.5. The number of fused-ring (bicyclic) bond motifs is 1. The Morgan fingerprint density at radius 3 is 2.50 bits per heavy atom. The third-order valence-corrected chi connectivity index (χ3v) is 5.15. The van der Waals surface area contributed by atoms with Crippen molar-refractivity contribution in [2.45, 2.75) is 26.4 Å². The number of carbonyl (C=O) groups excluding carboxylic acids is 1. The highest BCUT2D eigenvalue weighted by molar-refractivity contribution is 5.79. The summed E-state index contributed by atoms with van der Waals surface area (Å²) in [5.41, 5.74) is 4.43. The summed E-state index contributed by atoms with van der Waals surface area (Å²) in [4.78, 5) is 17.3. The molecule has 0 saturated heterocycles. The van der Waals surface area contributed by atoms with Gasteiger partial charge in [0.05, 0.1) is 17.1 Å². The van der Waals surface area contributed by atoms with Crippen LogP contribution in [0.2, 0.25) is 0 Å². The van der Waals surface area contributed by atoms with E-state index in [1.165, 1.54) is 11.1 Å². The van der Waals surface area contributed by atoms with E-state index in [-0.39, 0.29) is 18.6 Å². The maximum Gasteiger partial charge on any atom is 0.258 e. The minimum absolute atomic E-state index is 0.0353. The Bertz CT molecular complexity index is 1150. The molecule has 1 amide bonds. The monoisotopic (exact) mass is 399 g/mol. The Morgan fingerprint density at radius 2 is 1.70 bits per heavy atom. The lowest BCUT2D eigenvalue weighted by atomic mass is 10.1. The SMILES string of the molecule is Cc1ccccc1Cn1c(C(C)NC(=O)COc2ccccc2)nc2ccccc21. The average Bonchev–Trinajstić information content (AvgIpc) is 3.13. The van der Waals surface area contributed by atoms with Gasteiger partial charge in [-0.1, -0.05) is 54.6 Å². The third-order valence-electron chi connectivity index (χ3n) is 5.15. The summed E-state index contributed by atoms with van der Waals surface area (Å²) in [5.74, 6) is 1.32. The van der Waals surface area contributed by atoms with Gasteiger partial charge in [-0.3, -0.25) is 4.79 Å². The zero-order valence-electron chi connectivity index (χ0n) is 17.2. The summed E-state index contributed by atoms with van der Waals surface area (Å²) < 4.78 is 7.75. The first-order chi connectivity index (χ1) is 14.6. The Labute approximate surface area is 176 Å². The molecule has 4 rings (SSSR count). The highest BCUT2D eigenvalue weighted by Crippen LogP contribution is 2.23. The van der Waals surface area contributed by atoms with Gasteiger partial charge in [0.2, 0.25) is 0 Å². The van der Waals surface area contributed by atoms with E-state index in [2.05, 4.69) is 35.0 Å². The number of carbonyl (C=O) groups is 1. The molecule has 152 valence electrons. The first kappa shape index (κ1) is 19.7. The number of aryl methyl sites for hydroxylation is 1.